The third-order valence-corrected chi connectivity index (χ3v) is 6.46. The molecule has 9 heteroatoms. The summed E-state index contributed by atoms with van der Waals surface area (Å²) in [5.74, 6) is -1.04. The fourth-order valence-corrected chi connectivity index (χ4v) is 4.50. The van der Waals surface area contributed by atoms with Crippen LogP contribution in [0.4, 0.5) is 4.79 Å². The lowest BCUT2D eigenvalue weighted by Gasteiger charge is -2.41. The number of hydrogen-bond donors (Lipinski definition) is 2. The highest BCUT2D eigenvalue weighted by Crippen LogP contribution is 2.33. The molecule has 174 valence electrons. The summed E-state index contributed by atoms with van der Waals surface area (Å²) in [7, 11) is 1.35. The number of benzene rings is 1. The minimum absolute atomic E-state index is 0.0306. The van der Waals surface area contributed by atoms with Crippen LogP contribution in [-0.2, 0) is 25.7 Å². The van der Waals surface area contributed by atoms with E-state index in [1.807, 2.05) is 12.1 Å². The van der Waals surface area contributed by atoms with Crippen LogP contribution in [0.3, 0.4) is 0 Å². The average Bonchev–Trinajstić information content (AvgIpc) is 2.79. The van der Waals surface area contributed by atoms with E-state index in [4.69, 9.17) is 16.3 Å². The van der Waals surface area contributed by atoms with Crippen LogP contribution in [0.1, 0.15) is 50.5 Å². The molecule has 1 aliphatic carbocycles. The number of methoxy groups -OCH3 is 1. The molecule has 3 atom stereocenters. The van der Waals surface area contributed by atoms with Gasteiger partial charge >= 0.3 is 12.0 Å². The summed E-state index contributed by atoms with van der Waals surface area (Å²) in [5, 5.41) is 6.42. The van der Waals surface area contributed by atoms with Crippen molar-refractivity contribution in [3.8, 4) is 0 Å². The van der Waals surface area contributed by atoms with Crippen molar-refractivity contribution in [3.05, 3.63) is 34.9 Å². The van der Waals surface area contributed by atoms with Crippen LogP contribution in [0.5, 0.6) is 0 Å². The number of carbonyl (C=O) groups excluding carboxylic acids is 4. The molecule has 2 aliphatic rings. The molecule has 1 saturated heterocycles. The fraction of sp³-hybridized carbons (Fsp3) is 0.565. The first-order valence-corrected chi connectivity index (χ1v) is 11.5. The van der Waals surface area contributed by atoms with Crippen LogP contribution in [0.15, 0.2) is 24.3 Å². The summed E-state index contributed by atoms with van der Waals surface area (Å²) in [6, 6.07) is 6.60. The predicted octanol–water partition coefficient (Wildman–Crippen LogP) is 3.03. The standard InChI is InChI=1S/C23H30ClN3O5/c1-32-22(30)16-8-11-18-19(13-16)26-23(31)27(21(18)29)12-4-2-3-5-20(28)25-14-15-6-9-17(24)10-7-15/h6-7,9-10,16,18-19H,2-5,8,11-14H2,1H3,(H,25,28)(H,26,31). The van der Waals surface area contributed by atoms with Crippen LogP contribution < -0.4 is 10.6 Å². The number of halogens is 1. The molecule has 1 saturated carbocycles. The number of carbonyl (C=O) groups is 4. The van der Waals surface area contributed by atoms with Gasteiger partial charge in [0.15, 0.2) is 0 Å². The smallest absolute Gasteiger partial charge is 0.324 e. The maximum atomic E-state index is 12.8. The van der Waals surface area contributed by atoms with E-state index in [-0.39, 0.29) is 35.7 Å². The lowest BCUT2D eigenvalue weighted by atomic mass is 9.76. The molecule has 1 heterocycles. The van der Waals surface area contributed by atoms with E-state index in [2.05, 4.69) is 10.6 Å². The van der Waals surface area contributed by atoms with Crippen molar-refractivity contribution in [1.82, 2.24) is 15.5 Å². The normalized spacial score (nSPS) is 22.7. The molecule has 1 aliphatic heterocycles. The molecule has 2 N–H and O–H groups in total. The van der Waals surface area contributed by atoms with Gasteiger partial charge in [-0.1, -0.05) is 30.2 Å². The summed E-state index contributed by atoms with van der Waals surface area (Å²) in [4.78, 5) is 50.3. The lowest BCUT2D eigenvalue weighted by Crippen LogP contribution is -2.61. The number of rotatable bonds is 9. The van der Waals surface area contributed by atoms with Gasteiger partial charge in [-0.05, 0) is 49.8 Å². The van der Waals surface area contributed by atoms with Gasteiger partial charge in [0.05, 0.1) is 18.9 Å². The number of hydrogen-bond acceptors (Lipinski definition) is 5. The zero-order chi connectivity index (χ0) is 23.1. The SMILES string of the molecule is COC(=O)C1CCC2C(=O)N(CCCCCC(=O)NCc3ccc(Cl)cc3)C(=O)NC2C1. The summed E-state index contributed by atoms with van der Waals surface area (Å²) >= 11 is 5.85. The van der Waals surface area contributed by atoms with E-state index in [1.165, 1.54) is 12.0 Å². The van der Waals surface area contributed by atoms with Gasteiger partial charge in [0.25, 0.3) is 0 Å². The number of fused-ring (bicyclic) bond motifs is 1. The van der Waals surface area contributed by atoms with Crippen LogP contribution in [0, 0.1) is 11.8 Å². The number of imide groups is 1. The zero-order valence-corrected chi connectivity index (χ0v) is 19.0. The lowest BCUT2D eigenvalue weighted by molar-refractivity contribution is -0.149. The third kappa shape index (κ3) is 6.22. The van der Waals surface area contributed by atoms with Gasteiger partial charge in [-0.2, -0.15) is 0 Å². The number of esters is 1. The highest BCUT2D eigenvalue weighted by molar-refractivity contribution is 6.30. The summed E-state index contributed by atoms with van der Waals surface area (Å²) in [6.07, 6.45) is 4.06. The van der Waals surface area contributed by atoms with Crippen LogP contribution >= 0.6 is 11.6 Å². The fourth-order valence-electron chi connectivity index (χ4n) is 4.38. The summed E-state index contributed by atoms with van der Waals surface area (Å²) < 4.78 is 4.80. The Kier molecular flexibility index (Phi) is 8.50. The first kappa shape index (κ1) is 24.0. The number of ether oxygens (including phenoxy) is 1. The quantitative estimate of drug-likeness (QED) is 0.432. The molecule has 1 aromatic rings. The van der Waals surface area contributed by atoms with Gasteiger partial charge in [0, 0.05) is 30.6 Å². The van der Waals surface area contributed by atoms with E-state index >= 15 is 0 Å². The Morgan fingerprint density at radius 3 is 2.62 bits per heavy atom. The molecular formula is C23H30ClN3O5. The molecule has 3 unspecified atom stereocenters. The van der Waals surface area contributed by atoms with Crippen LogP contribution in [0.25, 0.3) is 0 Å². The summed E-state index contributed by atoms with van der Waals surface area (Å²) in [6.45, 7) is 0.790. The Morgan fingerprint density at radius 1 is 1.16 bits per heavy atom. The second-order valence-electron chi connectivity index (χ2n) is 8.40. The molecule has 1 aromatic carbocycles. The highest BCUT2D eigenvalue weighted by Gasteiger charge is 2.45. The Hall–Kier alpha value is -2.61. The average molecular weight is 464 g/mol. The van der Waals surface area contributed by atoms with Crippen LogP contribution in [-0.4, -0.2) is 48.4 Å². The molecule has 0 bridgehead atoms. The first-order chi connectivity index (χ1) is 15.4. The number of unbranched alkanes of at least 4 members (excludes halogenated alkanes) is 2. The van der Waals surface area contributed by atoms with E-state index in [0.29, 0.717) is 56.6 Å². The Balaban J connectivity index is 1.35. The Morgan fingerprint density at radius 2 is 1.91 bits per heavy atom. The second-order valence-corrected chi connectivity index (χ2v) is 8.84. The second kappa shape index (κ2) is 11.3. The maximum Gasteiger partial charge on any atom is 0.324 e. The van der Waals surface area contributed by atoms with Crippen molar-refractivity contribution in [2.24, 2.45) is 11.8 Å². The van der Waals surface area contributed by atoms with Gasteiger partial charge in [0.1, 0.15) is 0 Å². The zero-order valence-electron chi connectivity index (χ0n) is 18.3. The monoisotopic (exact) mass is 463 g/mol. The topological polar surface area (TPSA) is 105 Å². The third-order valence-electron chi connectivity index (χ3n) is 6.21. The van der Waals surface area contributed by atoms with Crippen LogP contribution in [0.2, 0.25) is 5.02 Å². The molecule has 0 radical (unpaired) electrons. The van der Waals surface area contributed by atoms with Crippen molar-refractivity contribution < 1.29 is 23.9 Å². The highest BCUT2D eigenvalue weighted by atomic mass is 35.5. The van der Waals surface area contributed by atoms with Crippen molar-refractivity contribution in [3.63, 3.8) is 0 Å². The Labute approximate surface area is 193 Å². The molecule has 8 nitrogen and oxygen atoms in total. The summed E-state index contributed by atoms with van der Waals surface area (Å²) in [5.41, 5.74) is 0.983. The van der Waals surface area contributed by atoms with E-state index in [0.717, 1.165) is 12.0 Å². The van der Waals surface area contributed by atoms with E-state index < -0.39 is 6.03 Å². The molecule has 32 heavy (non-hydrogen) atoms. The van der Waals surface area contributed by atoms with Crippen molar-refractivity contribution in [2.45, 2.75) is 57.5 Å². The van der Waals surface area contributed by atoms with Gasteiger partial charge in [-0.3, -0.25) is 19.3 Å². The molecule has 4 amide bonds. The molecule has 0 spiro atoms. The number of nitrogens with zero attached hydrogens (tertiary/aromatic N) is 1. The van der Waals surface area contributed by atoms with Crippen molar-refractivity contribution in [1.29, 1.82) is 0 Å². The van der Waals surface area contributed by atoms with Gasteiger partial charge in [-0.25, -0.2) is 4.79 Å². The number of nitrogens with one attached hydrogen (secondary N) is 2. The predicted molar refractivity (Wildman–Crippen MR) is 119 cm³/mol. The molecular weight excluding hydrogens is 434 g/mol. The Bertz CT molecular complexity index is 845. The van der Waals surface area contributed by atoms with Crippen molar-refractivity contribution >= 4 is 35.4 Å². The minimum atomic E-state index is -0.400. The first-order valence-electron chi connectivity index (χ1n) is 11.1. The molecule has 0 aromatic heterocycles. The van der Waals surface area contributed by atoms with E-state index in [9.17, 15) is 19.2 Å². The van der Waals surface area contributed by atoms with Gasteiger partial charge in [-0.15, -0.1) is 0 Å². The molecule has 2 fully saturated rings. The number of amides is 4. The van der Waals surface area contributed by atoms with Crippen molar-refractivity contribution in [2.75, 3.05) is 13.7 Å². The van der Waals surface area contributed by atoms with E-state index in [1.54, 1.807) is 12.1 Å². The molecule has 3 rings (SSSR count). The van der Waals surface area contributed by atoms with Gasteiger partial charge < -0.3 is 15.4 Å². The maximum absolute atomic E-state index is 12.8. The number of urea groups is 1. The van der Waals surface area contributed by atoms with Gasteiger partial charge in [0.2, 0.25) is 11.8 Å². The largest absolute Gasteiger partial charge is 0.469 e. The minimum Gasteiger partial charge on any atom is -0.469 e.